The molecular formula is C23H24N2O4S. The quantitative estimate of drug-likeness (QED) is 0.458. The summed E-state index contributed by atoms with van der Waals surface area (Å²) in [5.41, 5.74) is 3.80. The van der Waals surface area contributed by atoms with E-state index >= 15 is 0 Å². The monoisotopic (exact) mass is 424 g/mol. The number of carbonyl (C=O) groups is 1. The van der Waals surface area contributed by atoms with E-state index in [1.807, 2.05) is 36.4 Å². The van der Waals surface area contributed by atoms with E-state index in [0.29, 0.717) is 29.2 Å². The number of pyridine rings is 1. The number of nitrogens with zero attached hydrogens (tertiary/aromatic N) is 2. The average Bonchev–Trinajstić information content (AvgIpc) is 2.73. The third-order valence-corrected chi connectivity index (χ3v) is 5.94. The molecule has 7 heteroatoms. The zero-order valence-electron chi connectivity index (χ0n) is 16.9. The van der Waals surface area contributed by atoms with Gasteiger partial charge in [-0.1, -0.05) is 48.5 Å². The largest absolute Gasteiger partial charge is 0.286 e. The Kier molecular flexibility index (Phi) is 6.64. The number of hydrogen-bond acceptors (Lipinski definition) is 5. The van der Waals surface area contributed by atoms with E-state index in [1.165, 1.54) is 13.3 Å². The van der Waals surface area contributed by atoms with Gasteiger partial charge in [-0.05, 0) is 30.5 Å². The molecule has 1 N–H and O–H groups in total. The molecule has 0 saturated heterocycles. The number of rotatable bonds is 7. The van der Waals surface area contributed by atoms with Gasteiger partial charge in [-0.15, -0.1) is 0 Å². The van der Waals surface area contributed by atoms with Crippen LogP contribution in [0.25, 0.3) is 22.4 Å². The molecule has 156 valence electrons. The standard InChI is InChI=1S/C23H24N2O4S/c1-25(27)22(26)14-8-9-17-15-20(19-12-6-7-13-21(19)30(2,28)29)23(24-16-17)18-10-4-3-5-11-18/h3-7,10-13,15-16,27H,8-9,14H2,1-2H3. The SMILES string of the molecule is CN(O)C(=O)CCCc1cnc(-c2ccccc2)c(-c2ccccc2S(C)(=O)=O)c1. The normalized spacial score (nSPS) is 11.3. The first-order chi connectivity index (χ1) is 14.3. The Balaban J connectivity index is 2.06. The predicted octanol–water partition coefficient (Wildman–Crippen LogP) is 3.99. The summed E-state index contributed by atoms with van der Waals surface area (Å²) < 4.78 is 24.8. The van der Waals surface area contributed by atoms with Crippen LogP contribution < -0.4 is 0 Å². The van der Waals surface area contributed by atoms with Gasteiger partial charge in [-0.25, -0.2) is 13.5 Å². The van der Waals surface area contributed by atoms with E-state index in [1.54, 1.807) is 30.5 Å². The minimum Gasteiger partial charge on any atom is -0.286 e. The van der Waals surface area contributed by atoms with E-state index in [2.05, 4.69) is 4.98 Å². The fraction of sp³-hybridized carbons (Fsp3) is 0.217. The Morgan fingerprint density at radius 3 is 2.37 bits per heavy atom. The van der Waals surface area contributed by atoms with Crippen molar-refractivity contribution in [2.24, 2.45) is 0 Å². The van der Waals surface area contributed by atoms with Gasteiger partial charge in [0.1, 0.15) is 0 Å². The van der Waals surface area contributed by atoms with Crippen LogP contribution >= 0.6 is 0 Å². The molecule has 0 unspecified atom stereocenters. The summed E-state index contributed by atoms with van der Waals surface area (Å²) in [6, 6.07) is 18.4. The summed E-state index contributed by atoms with van der Waals surface area (Å²) in [6.45, 7) is 0. The molecule has 0 spiro atoms. The molecule has 0 aliphatic rings. The molecule has 3 rings (SSSR count). The van der Waals surface area contributed by atoms with E-state index in [0.717, 1.165) is 16.7 Å². The van der Waals surface area contributed by atoms with Crippen molar-refractivity contribution in [2.75, 3.05) is 13.3 Å². The lowest BCUT2D eigenvalue weighted by Gasteiger charge is -2.15. The molecule has 30 heavy (non-hydrogen) atoms. The molecule has 6 nitrogen and oxygen atoms in total. The van der Waals surface area contributed by atoms with E-state index in [-0.39, 0.29) is 17.2 Å². The molecule has 0 bridgehead atoms. The fourth-order valence-corrected chi connectivity index (χ4v) is 4.20. The van der Waals surface area contributed by atoms with Gasteiger partial charge in [0.05, 0.1) is 10.6 Å². The molecule has 3 aromatic rings. The minimum absolute atomic E-state index is 0.211. The fourth-order valence-electron chi connectivity index (χ4n) is 3.29. The number of hydrogen-bond donors (Lipinski definition) is 1. The lowest BCUT2D eigenvalue weighted by atomic mass is 9.96. The van der Waals surface area contributed by atoms with E-state index in [9.17, 15) is 18.4 Å². The zero-order chi connectivity index (χ0) is 21.7. The smallest absolute Gasteiger partial charge is 0.245 e. The van der Waals surface area contributed by atoms with Crippen molar-refractivity contribution in [3.05, 3.63) is 72.4 Å². The van der Waals surface area contributed by atoms with Crippen LogP contribution in [0, 0.1) is 0 Å². The first kappa shape index (κ1) is 21.7. The number of aromatic nitrogens is 1. The number of hydroxylamine groups is 2. The minimum atomic E-state index is -3.44. The van der Waals surface area contributed by atoms with Crippen molar-refractivity contribution >= 4 is 15.7 Å². The van der Waals surface area contributed by atoms with Gasteiger partial charge in [0, 0.05) is 42.6 Å². The lowest BCUT2D eigenvalue weighted by Crippen LogP contribution is -2.22. The van der Waals surface area contributed by atoms with Crippen molar-refractivity contribution in [1.82, 2.24) is 10.0 Å². The van der Waals surface area contributed by atoms with Crippen LogP contribution in [-0.4, -0.2) is 42.9 Å². The van der Waals surface area contributed by atoms with E-state index < -0.39 is 9.84 Å². The van der Waals surface area contributed by atoms with Crippen LogP contribution in [0.4, 0.5) is 0 Å². The molecule has 1 amide bonds. The van der Waals surface area contributed by atoms with Crippen LogP contribution in [0.1, 0.15) is 18.4 Å². The second-order valence-electron chi connectivity index (χ2n) is 7.14. The molecular weight excluding hydrogens is 400 g/mol. The van der Waals surface area contributed by atoms with Crippen LogP contribution in [0.15, 0.2) is 71.8 Å². The summed E-state index contributed by atoms with van der Waals surface area (Å²) in [5, 5.41) is 9.78. The molecule has 0 aliphatic carbocycles. The lowest BCUT2D eigenvalue weighted by molar-refractivity contribution is -0.159. The number of benzene rings is 2. The van der Waals surface area contributed by atoms with Gasteiger partial charge >= 0.3 is 0 Å². The molecule has 1 aromatic heterocycles. The van der Waals surface area contributed by atoms with Gasteiger partial charge in [0.25, 0.3) is 0 Å². The number of carbonyl (C=O) groups excluding carboxylic acids is 1. The maximum absolute atomic E-state index is 12.4. The maximum atomic E-state index is 12.4. The summed E-state index contributed by atoms with van der Waals surface area (Å²) in [5.74, 6) is -0.355. The van der Waals surface area contributed by atoms with Gasteiger partial charge in [-0.2, -0.15) is 0 Å². The molecule has 2 aromatic carbocycles. The van der Waals surface area contributed by atoms with Crippen LogP contribution in [0.2, 0.25) is 0 Å². The van der Waals surface area contributed by atoms with Crippen LogP contribution in [-0.2, 0) is 21.1 Å². The zero-order valence-corrected chi connectivity index (χ0v) is 17.8. The van der Waals surface area contributed by atoms with Crippen molar-refractivity contribution in [3.63, 3.8) is 0 Å². The van der Waals surface area contributed by atoms with Gasteiger partial charge in [0.15, 0.2) is 9.84 Å². The second-order valence-corrected chi connectivity index (χ2v) is 9.13. The number of sulfone groups is 1. The van der Waals surface area contributed by atoms with E-state index in [4.69, 9.17) is 0 Å². The van der Waals surface area contributed by atoms with Crippen molar-refractivity contribution in [2.45, 2.75) is 24.2 Å². The van der Waals surface area contributed by atoms with Gasteiger partial charge in [0.2, 0.25) is 5.91 Å². The molecule has 0 aliphatic heterocycles. The Morgan fingerprint density at radius 2 is 1.70 bits per heavy atom. The highest BCUT2D eigenvalue weighted by Crippen LogP contribution is 2.35. The van der Waals surface area contributed by atoms with Crippen LogP contribution in [0.5, 0.6) is 0 Å². The second kappa shape index (κ2) is 9.19. The molecule has 0 atom stereocenters. The Morgan fingerprint density at radius 1 is 1.03 bits per heavy atom. The van der Waals surface area contributed by atoms with Crippen LogP contribution in [0.3, 0.4) is 0 Å². The molecule has 0 radical (unpaired) electrons. The van der Waals surface area contributed by atoms with Crippen molar-refractivity contribution < 1.29 is 18.4 Å². The highest BCUT2D eigenvalue weighted by atomic mass is 32.2. The predicted molar refractivity (Wildman–Crippen MR) is 116 cm³/mol. The number of amides is 1. The molecule has 0 fully saturated rings. The van der Waals surface area contributed by atoms with Gasteiger partial charge < -0.3 is 0 Å². The summed E-state index contributed by atoms with van der Waals surface area (Å²) in [4.78, 5) is 16.5. The summed E-state index contributed by atoms with van der Waals surface area (Å²) in [7, 11) is -2.13. The maximum Gasteiger partial charge on any atom is 0.245 e. The third kappa shape index (κ3) is 5.11. The molecule has 0 saturated carbocycles. The Hall–Kier alpha value is -3.03. The highest BCUT2D eigenvalue weighted by Gasteiger charge is 2.18. The summed E-state index contributed by atoms with van der Waals surface area (Å²) in [6.07, 6.45) is 4.28. The summed E-state index contributed by atoms with van der Waals surface area (Å²) >= 11 is 0. The topological polar surface area (TPSA) is 87.6 Å². The molecule has 1 heterocycles. The van der Waals surface area contributed by atoms with Crippen molar-refractivity contribution in [3.8, 4) is 22.4 Å². The first-order valence-corrected chi connectivity index (χ1v) is 11.5. The number of aryl methyl sites for hydroxylation is 1. The van der Waals surface area contributed by atoms with Gasteiger partial charge in [-0.3, -0.25) is 15.0 Å². The third-order valence-electron chi connectivity index (χ3n) is 4.79. The highest BCUT2D eigenvalue weighted by molar-refractivity contribution is 7.90. The Labute approximate surface area is 176 Å². The average molecular weight is 425 g/mol. The first-order valence-electron chi connectivity index (χ1n) is 9.56. The van der Waals surface area contributed by atoms with Crippen molar-refractivity contribution in [1.29, 1.82) is 0 Å². The Bertz CT molecular complexity index is 1140.